The zero-order chi connectivity index (χ0) is 27.6. The van der Waals surface area contributed by atoms with Gasteiger partial charge in [0.1, 0.15) is 23.0 Å². The molecule has 1 aromatic heterocycles. The van der Waals surface area contributed by atoms with E-state index in [0.29, 0.717) is 48.1 Å². The Labute approximate surface area is 220 Å². The van der Waals surface area contributed by atoms with Crippen molar-refractivity contribution in [1.82, 2.24) is 14.8 Å². The topological polar surface area (TPSA) is 131 Å². The fourth-order valence-corrected chi connectivity index (χ4v) is 5.11. The van der Waals surface area contributed by atoms with Gasteiger partial charge in [-0.1, -0.05) is 0 Å². The van der Waals surface area contributed by atoms with Crippen LogP contribution in [0.15, 0.2) is 23.8 Å². The van der Waals surface area contributed by atoms with Crippen molar-refractivity contribution in [3.8, 4) is 11.5 Å². The van der Waals surface area contributed by atoms with Crippen LogP contribution in [0.5, 0.6) is 11.5 Å². The number of ether oxygens (including phenoxy) is 4. The number of aromatic nitrogens is 1. The summed E-state index contributed by atoms with van der Waals surface area (Å²) in [5.74, 6) is -1.61. The molecule has 2 fully saturated rings. The minimum Gasteiger partial charge on any atom is -0.507 e. The second-order valence-corrected chi connectivity index (χ2v) is 9.17. The van der Waals surface area contributed by atoms with E-state index in [1.807, 2.05) is 0 Å². The summed E-state index contributed by atoms with van der Waals surface area (Å²) in [5.41, 5.74) is 1.69. The van der Waals surface area contributed by atoms with Gasteiger partial charge < -0.3 is 33.9 Å². The number of nitrogens with one attached hydrogen (secondary N) is 1. The summed E-state index contributed by atoms with van der Waals surface area (Å²) >= 11 is 0. The highest BCUT2D eigenvalue weighted by molar-refractivity contribution is 6.46. The first kappa shape index (κ1) is 27.2. The first-order chi connectivity index (χ1) is 18.2. The number of methoxy groups -OCH3 is 3. The minimum atomic E-state index is -0.948. The van der Waals surface area contributed by atoms with Crippen molar-refractivity contribution in [3.05, 3.63) is 51.9 Å². The second-order valence-electron chi connectivity index (χ2n) is 9.17. The molecule has 0 saturated carbocycles. The number of aliphatic hydroxyl groups excluding tert-OH is 1. The van der Waals surface area contributed by atoms with E-state index in [2.05, 4.69) is 9.88 Å². The number of morpholine rings is 1. The lowest BCUT2D eigenvalue weighted by molar-refractivity contribution is -0.140. The Bertz CT molecular complexity index is 1280. The molecule has 4 rings (SSSR count). The lowest BCUT2D eigenvalue weighted by Crippen LogP contribution is -2.42. The number of amides is 1. The van der Waals surface area contributed by atoms with Crippen LogP contribution >= 0.6 is 0 Å². The maximum atomic E-state index is 13.5. The third-order valence-corrected chi connectivity index (χ3v) is 7.10. The third kappa shape index (κ3) is 4.86. The maximum absolute atomic E-state index is 13.5. The van der Waals surface area contributed by atoms with Gasteiger partial charge in [-0.05, 0) is 37.6 Å². The molecule has 11 heteroatoms. The maximum Gasteiger partial charge on any atom is 0.354 e. The van der Waals surface area contributed by atoms with Crippen molar-refractivity contribution in [3.63, 3.8) is 0 Å². The van der Waals surface area contributed by atoms with E-state index in [4.69, 9.17) is 18.9 Å². The zero-order valence-electron chi connectivity index (χ0n) is 22.3. The number of esters is 1. The van der Waals surface area contributed by atoms with Crippen LogP contribution in [0.1, 0.15) is 38.9 Å². The van der Waals surface area contributed by atoms with Gasteiger partial charge in [0.2, 0.25) is 0 Å². The Balaban J connectivity index is 1.88. The van der Waals surface area contributed by atoms with Crippen LogP contribution in [0.4, 0.5) is 0 Å². The first-order valence-corrected chi connectivity index (χ1v) is 12.3. The van der Waals surface area contributed by atoms with Gasteiger partial charge in [0.15, 0.2) is 0 Å². The first-order valence-electron chi connectivity index (χ1n) is 12.3. The Hall–Kier alpha value is -3.83. The predicted molar refractivity (Wildman–Crippen MR) is 137 cm³/mol. The smallest absolute Gasteiger partial charge is 0.354 e. The van der Waals surface area contributed by atoms with Gasteiger partial charge in [-0.25, -0.2) is 4.79 Å². The van der Waals surface area contributed by atoms with Crippen LogP contribution in [0.2, 0.25) is 0 Å². The number of rotatable bonds is 8. The summed E-state index contributed by atoms with van der Waals surface area (Å²) in [7, 11) is 4.27. The molecule has 204 valence electrons. The highest BCUT2D eigenvalue weighted by Crippen LogP contribution is 2.44. The SMILES string of the molecule is COC(=O)c1[nH]c(C)c(C(O)=C2C(=O)C(=O)N(CCN3CCOCC3)[C@@H]2c2cc(OC)ccc2OC)c1C. The Morgan fingerprint density at radius 1 is 1.11 bits per heavy atom. The highest BCUT2D eigenvalue weighted by Gasteiger charge is 2.47. The van der Waals surface area contributed by atoms with Crippen molar-refractivity contribution in [2.45, 2.75) is 19.9 Å². The summed E-state index contributed by atoms with van der Waals surface area (Å²) in [4.78, 5) is 45.8. The van der Waals surface area contributed by atoms with E-state index < -0.39 is 23.7 Å². The summed E-state index contributed by atoms with van der Waals surface area (Å²) in [5, 5.41) is 11.6. The molecular formula is C27H33N3O8. The predicted octanol–water partition coefficient (Wildman–Crippen LogP) is 2.19. The number of benzene rings is 1. The van der Waals surface area contributed by atoms with Gasteiger partial charge in [-0.15, -0.1) is 0 Å². The van der Waals surface area contributed by atoms with Gasteiger partial charge in [0.05, 0.1) is 46.2 Å². The van der Waals surface area contributed by atoms with Crippen molar-refractivity contribution >= 4 is 23.4 Å². The van der Waals surface area contributed by atoms with Crippen molar-refractivity contribution in [2.75, 3.05) is 60.7 Å². The number of ketones is 1. The number of aromatic amines is 1. The highest BCUT2D eigenvalue weighted by atomic mass is 16.5. The number of carbonyl (C=O) groups excluding carboxylic acids is 3. The van der Waals surface area contributed by atoms with Gasteiger partial charge in [-0.2, -0.15) is 0 Å². The normalized spacial score (nSPS) is 19.6. The number of hydrogen-bond donors (Lipinski definition) is 2. The average molecular weight is 528 g/mol. The van der Waals surface area contributed by atoms with Gasteiger partial charge in [-0.3, -0.25) is 14.5 Å². The molecule has 1 atom stereocenters. The van der Waals surface area contributed by atoms with Crippen molar-refractivity contribution in [2.24, 2.45) is 0 Å². The number of H-pyrrole nitrogens is 1. The molecule has 2 aliphatic rings. The van der Waals surface area contributed by atoms with Crippen LogP contribution in [-0.4, -0.2) is 98.3 Å². The van der Waals surface area contributed by atoms with Gasteiger partial charge in [0, 0.05) is 43.0 Å². The zero-order valence-corrected chi connectivity index (χ0v) is 22.3. The van der Waals surface area contributed by atoms with Crippen LogP contribution in [-0.2, 0) is 19.1 Å². The number of likely N-dealkylation sites (tertiary alicyclic amines) is 1. The van der Waals surface area contributed by atoms with Crippen molar-refractivity contribution in [1.29, 1.82) is 0 Å². The number of Topliss-reactive ketones (excluding diaryl/α,β-unsaturated/α-hetero) is 1. The number of aryl methyl sites for hydroxylation is 1. The number of nitrogens with zero attached hydrogens (tertiary/aromatic N) is 2. The van der Waals surface area contributed by atoms with E-state index in [-0.39, 0.29) is 29.1 Å². The molecule has 1 aromatic carbocycles. The fourth-order valence-electron chi connectivity index (χ4n) is 5.11. The molecule has 2 aliphatic heterocycles. The summed E-state index contributed by atoms with van der Waals surface area (Å²) < 4.78 is 21.3. The standard InChI is InChI=1S/C27H33N3O8/c1-15-20(16(2)28-22(15)27(34)37-5)24(31)21-23(18-14-17(35-3)6-7-19(18)36-4)30(26(33)25(21)32)9-8-29-10-12-38-13-11-29/h6-7,14,23,28,31H,8-13H2,1-5H3/t23-/m1/s1. The molecule has 0 bridgehead atoms. The lowest BCUT2D eigenvalue weighted by atomic mass is 9.93. The fraction of sp³-hybridized carbons (Fsp3) is 0.444. The van der Waals surface area contributed by atoms with Gasteiger partial charge >= 0.3 is 5.97 Å². The Kier molecular flexibility index (Phi) is 8.08. The molecule has 1 amide bonds. The quantitative estimate of drug-likeness (QED) is 0.230. The van der Waals surface area contributed by atoms with E-state index >= 15 is 0 Å². The monoisotopic (exact) mass is 527 g/mol. The number of aliphatic hydroxyl groups is 1. The molecule has 38 heavy (non-hydrogen) atoms. The Morgan fingerprint density at radius 2 is 1.82 bits per heavy atom. The van der Waals surface area contributed by atoms with Crippen LogP contribution in [0.25, 0.3) is 5.76 Å². The second kappa shape index (κ2) is 11.3. The molecule has 2 saturated heterocycles. The largest absolute Gasteiger partial charge is 0.507 e. The van der Waals surface area contributed by atoms with E-state index in [9.17, 15) is 19.5 Å². The molecule has 0 spiro atoms. The lowest BCUT2D eigenvalue weighted by Gasteiger charge is -2.31. The third-order valence-electron chi connectivity index (χ3n) is 7.10. The van der Waals surface area contributed by atoms with E-state index in [0.717, 1.165) is 13.1 Å². The van der Waals surface area contributed by atoms with Crippen LogP contribution in [0, 0.1) is 13.8 Å². The molecule has 0 unspecified atom stereocenters. The summed E-state index contributed by atoms with van der Waals surface area (Å²) in [6.07, 6.45) is 0. The number of hydrogen-bond acceptors (Lipinski definition) is 9. The molecule has 3 heterocycles. The Morgan fingerprint density at radius 3 is 2.45 bits per heavy atom. The summed E-state index contributed by atoms with van der Waals surface area (Å²) in [6, 6.07) is 4.15. The molecule has 2 aromatic rings. The molecule has 2 N–H and O–H groups in total. The van der Waals surface area contributed by atoms with Crippen molar-refractivity contribution < 1.29 is 38.4 Å². The van der Waals surface area contributed by atoms with Crippen LogP contribution < -0.4 is 9.47 Å². The molecule has 0 aliphatic carbocycles. The van der Waals surface area contributed by atoms with Gasteiger partial charge in [0.25, 0.3) is 11.7 Å². The molecular weight excluding hydrogens is 494 g/mol. The minimum absolute atomic E-state index is 0.0925. The number of carbonyl (C=O) groups is 3. The molecule has 11 nitrogen and oxygen atoms in total. The average Bonchev–Trinajstić information content (AvgIpc) is 3.37. The summed E-state index contributed by atoms with van der Waals surface area (Å²) in [6.45, 7) is 6.70. The molecule has 0 radical (unpaired) electrons. The van der Waals surface area contributed by atoms with Crippen LogP contribution in [0.3, 0.4) is 0 Å². The van der Waals surface area contributed by atoms with E-state index in [1.54, 1.807) is 32.0 Å². The van der Waals surface area contributed by atoms with E-state index in [1.165, 1.54) is 26.2 Å².